The normalized spacial score (nSPS) is 10.4. The number of methoxy groups -OCH3 is 1. The topological polar surface area (TPSA) is 107 Å². The zero-order chi connectivity index (χ0) is 24.5. The van der Waals surface area contributed by atoms with Crippen molar-refractivity contribution in [3.63, 3.8) is 0 Å². The maximum atomic E-state index is 12.4. The monoisotopic (exact) mass is 489 g/mol. The number of benzene rings is 3. The molecular weight excluding hydrogens is 466 g/mol. The molecule has 0 aliphatic rings. The lowest BCUT2D eigenvalue weighted by molar-refractivity contribution is -0.119. The first kappa shape index (κ1) is 23.8. The van der Waals surface area contributed by atoms with Crippen molar-refractivity contribution in [2.45, 2.75) is 11.8 Å². The summed E-state index contributed by atoms with van der Waals surface area (Å²) in [5.74, 6) is 1.15. The van der Waals surface area contributed by atoms with Gasteiger partial charge in [0.2, 0.25) is 5.91 Å². The molecule has 0 unspecified atom stereocenters. The second-order valence-corrected chi connectivity index (χ2v) is 8.13. The molecule has 0 spiro atoms. The van der Waals surface area contributed by atoms with Crippen LogP contribution in [-0.2, 0) is 11.4 Å². The number of aromatic nitrogens is 3. The Hall–Kier alpha value is -4.31. The Morgan fingerprint density at radius 1 is 0.857 bits per heavy atom. The summed E-state index contributed by atoms with van der Waals surface area (Å²) in [6.07, 6.45) is 0. The van der Waals surface area contributed by atoms with E-state index in [-0.39, 0.29) is 18.3 Å². The van der Waals surface area contributed by atoms with Gasteiger partial charge in [-0.3, -0.25) is 25.0 Å². The smallest absolute Gasteiger partial charge is 0.269 e. The molecule has 178 valence electrons. The molecule has 0 aliphatic heterocycles. The molecule has 2 amide bonds. The SMILES string of the molecule is COc1ccc(C(=O)NNC(=O)CSc2nnc(COc3ccccc3)n2-c2ccccc2)cc1. The first-order valence-electron chi connectivity index (χ1n) is 10.7. The fourth-order valence-corrected chi connectivity index (χ4v) is 3.87. The van der Waals surface area contributed by atoms with E-state index < -0.39 is 5.91 Å². The third kappa shape index (κ3) is 6.39. The van der Waals surface area contributed by atoms with Gasteiger partial charge in [-0.05, 0) is 48.5 Å². The fourth-order valence-electron chi connectivity index (χ4n) is 3.10. The summed E-state index contributed by atoms with van der Waals surface area (Å²) in [6.45, 7) is 0.205. The van der Waals surface area contributed by atoms with Crippen molar-refractivity contribution in [1.29, 1.82) is 0 Å². The van der Waals surface area contributed by atoms with E-state index in [4.69, 9.17) is 9.47 Å². The molecule has 0 aliphatic carbocycles. The number of para-hydroxylation sites is 2. The van der Waals surface area contributed by atoms with Gasteiger partial charge in [-0.15, -0.1) is 10.2 Å². The predicted molar refractivity (Wildman–Crippen MR) is 131 cm³/mol. The Balaban J connectivity index is 1.38. The molecule has 0 saturated heterocycles. The predicted octanol–water partition coefficient (Wildman–Crippen LogP) is 3.41. The lowest BCUT2D eigenvalue weighted by atomic mass is 10.2. The quantitative estimate of drug-likeness (QED) is 0.274. The molecule has 2 N–H and O–H groups in total. The number of ether oxygens (including phenoxy) is 2. The number of hydrazine groups is 1. The van der Waals surface area contributed by atoms with Gasteiger partial charge in [-0.1, -0.05) is 48.2 Å². The van der Waals surface area contributed by atoms with Crippen LogP contribution in [0, 0.1) is 0 Å². The Kier molecular flexibility index (Phi) is 7.97. The van der Waals surface area contributed by atoms with Crippen LogP contribution >= 0.6 is 11.8 Å². The van der Waals surface area contributed by atoms with Crippen LogP contribution in [-0.4, -0.2) is 39.4 Å². The Morgan fingerprint density at radius 3 is 2.23 bits per heavy atom. The third-order valence-electron chi connectivity index (χ3n) is 4.83. The van der Waals surface area contributed by atoms with E-state index in [1.165, 1.54) is 11.8 Å². The van der Waals surface area contributed by atoms with E-state index in [2.05, 4.69) is 21.0 Å². The number of nitrogens with zero attached hydrogens (tertiary/aromatic N) is 3. The minimum absolute atomic E-state index is 0.0212. The average Bonchev–Trinajstić information content (AvgIpc) is 3.33. The van der Waals surface area contributed by atoms with Crippen LogP contribution < -0.4 is 20.3 Å². The lowest BCUT2D eigenvalue weighted by Crippen LogP contribution is -2.42. The van der Waals surface area contributed by atoms with Crippen LogP contribution in [0.5, 0.6) is 11.5 Å². The van der Waals surface area contributed by atoms with Crippen LogP contribution in [0.25, 0.3) is 5.69 Å². The van der Waals surface area contributed by atoms with Crippen molar-refractivity contribution in [2.24, 2.45) is 0 Å². The van der Waals surface area contributed by atoms with Gasteiger partial charge >= 0.3 is 0 Å². The van der Waals surface area contributed by atoms with Crippen LogP contribution in [0.1, 0.15) is 16.2 Å². The van der Waals surface area contributed by atoms with E-state index in [0.717, 1.165) is 11.4 Å². The number of nitrogens with one attached hydrogen (secondary N) is 2. The van der Waals surface area contributed by atoms with Crippen LogP contribution in [0.3, 0.4) is 0 Å². The van der Waals surface area contributed by atoms with Gasteiger partial charge in [0.1, 0.15) is 18.1 Å². The highest BCUT2D eigenvalue weighted by molar-refractivity contribution is 7.99. The average molecular weight is 490 g/mol. The summed E-state index contributed by atoms with van der Waals surface area (Å²) in [6, 6.07) is 25.6. The molecule has 0 saturated carbocycles. The van der Waals surface area contributed by atoms with Crippen molar-refractivity contribution in [1.82, 2.24) is 25.6 Å². The molecule has 9 nitrogen and oxygen atoms in total. The van der Waals surface area contributed by atoms with Gasteiger partial charge < -0.3 is 9.47 Å². The zero-order valence-electron chi connectivity index (χ0n) is 18.9. The molecule has 0 radical (unpaired) electrons. The molecule has 35 heavy (non-hydrogen) atoms. The van der Waals surface area contributed by atoms with Crippen LogP contribution in [0.2, 0.25) is 0 Å². The number of amides is 2. The fraction of sp³-hybridized carbons (Fsp3) is 0.120. The van der Waals surface area contributed by atoms with Crippen molar-refractivity contribution in [2.75, 3.05) is 12.9 Å². The minimum Gasteiger partial charge on any atom is -0.497 e. The van der Waals surface area contributed by atoms with E-state index in [1.54, 1.807) is 31.4 Å². The van der Waals surface area contributed by atoms with E-state index in [0.29, 0.717) is 22.3 Å². The highest BCUT2D eigenvalue weighted by Gasteiger charge is 2.17. The molecular formula is C25H23N5O4S. The molecule has 4 aromatic rings. The number of thioether (sulfide) groups is 1. The Labute approximate surface area is 206 Å². The number of hydrogen-bond donors (Lipinski definition) is 2. The zero-order valence-corrected chi connectivity index (χ0v) is 19.7. The van der Waals surface area contributed by atoms with Crippen molar-refractivity contribution < 1.29 is 19.1 Å². The Morgan fingerprint density at radius 2 is 1.54 bits per heavy atom. The lowest BCUT2D eigenvalue weighted by Gasteiger charge is -2.11. The maximum absolute atomic E-state index is 12.4. The molecule has 4 rings (SSSR count). The van der Waals surface area contributed by atoms with Crippen LogP contribution in [0.4, 0.5) is 0 Å². The molecule has 0 atom stereocenters. The maximum Gasteiger partial charge on any atom is 0.269 e. The second kappa shape index (κ2) is 11.7. The largest absolute Gasteiger partial charge is 0.497 e. The van der Waals surface area contributed by atoms with E-state index in [1.807, 2.05) is 65.2 Å². The number of carbonyl (C=O) groups excluding carboxylic acids is 2. The molecule has 0 bridgehead atoms. The number of rotatable bonds is 9. The van der Waals surface area contributed by atoms with Gasteiger partial charge in [0.15, 0.2) is 11.0 Å². The standard InChI is InChI=1S/C25H23N5O4S/c1-33-20-14-12-18(13-15-20)24(32)28-27-23(31)17-35-25-29-26-22(16-34-21-10-6-3-7-11-21)30(25)19-8-4-2-5-9-19/h2-15H,16-17H2,1H3,(H,27,31)(H,28,32). The van der Waals surface area contributed by atoms with Crippen molar-refractivity contribution in [3.05, 3.63) is 96.3 Å². The van der Waals surface area contributed by atoms with Crippen molar-refractivity contribution in [3.8, 4) is 17.2 Å². The molecule has 1 heterocycles. The van der Waals surface area contributed by atoms with Gasteiger partial charge in [0.05, 0.1) is 12.9 Å². The van der Waals surface area contributed by atoms with Crippen LogP contribution in [0.15, 0.2) is 90.1 Å². The summed E-state index contributed by atoms with van der Waals surface area (Å²) < 4.78 is 12.8. The highest BCUT2D eigenvalue weighted by Crippen LogP contribution is 2.23. The highest BCUT2D eigenvalue weighted by atomic mass is 32.2. The third-order valence-corrected chi connectivity index (χ3v) is 5.75. The number of carbonyl (C=O) groups is 2. The molecule has 1 aromatic heterocycles. The first-order chi connectivity index (χ1) is 17.1. The summed E-state index contributed by atoms with van der Waals surface area (Å²) in [4.78, 5) is 24.6. The minimum atomic E-state index is -0.432. The van der Waals surface area contributed by atoms with Crippen molar-refractivity contribution >= 4 is 23.6 Å². The molecule has 3 aromatic carbocycles. The number of hydrogen-bond acceptors (Lipinski definition) is 7. The first-order valence-corrected chi connectivity index (χ1v) is 11.7. The Bertz CT molecular complexity index is 1260. The van der Waals surface area contributed by atoms with E-state index in [9.17, 15) is 9.59 Å². The van der Waals surface area contributed by atoms with Gasteiger partial charge in [-0.25, -0.2) is 0 Å². The van der Waals surface area contributed by atoms with E-state index >= 15 is 0 Å². The van der Waals surface area contributed by atoms with Gasteiger partial charge in [-0.2, -0.15) is 0 Å². The summed E-state index contributed by atoms with van der Waals surface area (Å²) >= 11 is 1.20. The van der Waals surface area contributed by atoms with Gasteiger partial charge in [0.25, 0.3) is 5.91 Å². The summed E-state index contributed by atoms with van der Waals surface area (Å²) in [5, 5.41) is 9.05. The molecule has 0 fully saturated rings. The summed E-state index contributed by atoms with van der Waals surface area (Å²) in [5.41, 5.74) is 6.07. The molecule has 10 heteroatoms. The summed E-state index contributed by atoms with van der Waals surface area (Å²) in [7, 11) is 1.55. The second-order valence-electron chi connectivity index (χ2n) is 7.19. The van der Waals surface area contributed by atoms with Gasteiger partial charge in [0, 0.05) is 11.3 Å².